The fraction of sp³-hybridized carbons (Fsp3) is 0.750. The van der Waals surface area contributed by atoms with Crippen LogP contribution in [0.4, 0.5) is 0 Å². The molecule has 0 aliphatic heterocycles. The SMILES string of the molecule is CCCNCC1CCC(CC)CC1c1cccs1. The maximum atomic E-state index is 3.63. The van der Waals surface area contributed by atoms with E-state index in [0.717, 1.165) is 17.8 Å². The topological polar surface area (TPSA) is 12.0 Å². The molecule has 0 saturated heterocycles. The van der Waals surface area contributed by atoms with E-state index in [1.807, 2.05) is 11.3 Å². The van der Waals surface area contributed by atoms with Crippen molar-refractivity contribution in [2.75, 3.05) is 13.1 Å². The molecule has 1 aliphatic carbocycles. The highest BCUT2D eigenvalue weighted by Gasteiger charge is 2.30. The summed E-state index contributed by atoms with van der Waals surface area (Å²) in [7, 11) is 0. The number of nitrogens with one attached hydrogen (secondary N) is 1. The van der Waals surface area contributed by atoms with Crippen molar-refractivity contribution < 1.29 is 0 Å². The summed E-state index contributed by atoms with van der Waals surface area (Å²) < 4.78 is 0. The summed E-state index contributed by atoms with van der Waals surface area (Å²) in [6, 6.07) is 4.56. The van der Waals surface area contributed by atoms with Crippen LogP contribution in [0.15, 0.2) is 17.5 Å². The van der Waals surface area contributed by atoms with Crippen molar-refractivity contribution in [3.8, 4) is 0 Å². The normalized spacial score (nSPS) is 28.4. The van der Waals surface area contributed by atoms with Crippen LogP contribution in [0.1, 0.15) is 56.7 Å². The maximum Gasteiger partial charge on any atom is 0.00795 e. The van der Waals surface area contributed by atoms with E-state index >= 15 is 0 Å². The van der Waals surface area contributed by atoms with Gasteiger partial charge in [0.15, 0.2) is 0 Å². The zero-order chi connectivity index (χ0) is 12.8. The minimum absolute atomic E-state index is 0.813. The second kappa shape index (κ2) is 7.30. The molecule has 1 fully saturated rings. The van der Waals surface area contributed by atoms with E-state index in [2.05, 4.69) is 36.7 Å². The van der Waals surface area contributed by atoms with Crippen LogP contribution in [0.5, 0.6) is 0 Å². The van der Waals surface area contributed by atoms with Gasteiger partial charge in [0.25, 0.3) is 0 Å². The van der Waals surface area contributed by atoms with Crippen molar-refractivity contribution >= 4 is 11.3 Å². The fourth-order valence-electron chi connectivity index (χ4n) is 3.25. The Labute approximate surface area is 116 Å². The monoisotopic (exact) mass is 265 g/mol. The fourth-order valence-corrected chi connectivity index (χ4v) is 4.19. The first-order valence-electron chi connectivity index (χ1n) is 7.59. The van der Waals surface area contributed by atoms with Crippen molar-refractivity contribution in [1.82, 2.24) is 5.32 Å². The maximum absolute atomic E-state index is 3.63. The van der Waals surface area contributed by atoms with Crippen molar-refractivity contribution in [2.24, 2.45) is 11.8 Å². The Morgan fingerprint density at radius 3 is 2.89 bits per heavy atom. The van der Waals surface area contributed by atoms with E-state index in [9.17, 15) is 0 Å². The van der Waals surface area contributed by atoms with Crippen molar-refractivity contribution in [2.45, 2.75) is 51.9 Å². The van der Waals surface area contributed by atoms with Gasteiger partial charge < -0.3 is 5.32 Å². The first kappa shape index (κ1) is 14.1. The van der Waals surface area contributed by atoms with Crippen molar-refractivity contribution in [3.05, 3.63) is 22.4 Å². The molecule has 0 radical (unpaired) electrons. The van der Waals surface area contributed by atoms with Gasteiger partial charge in [0.2, 0.25) is 0 Å². The van der Waals surface area contributed by atoms with Gasteiger partial charge in [-0.2, -0.15) is 0 Å². The van der Waals surface area contributed by atoms with Gasteiger partial charge in [-0.3, -0.25) is 0 Å². The Hall–Kier alpha value is -0.340. The predicted octanol–water partition coefficient (Wildman–Crippen LogP) is 4.66. The van der Waals surface area contributed by atoms with Crippen LogP contribution in [0.25, 0.3) is 0 Å². The van der Waals surface area contributed by atoms with E-state index in [1.165, 1.54) is 45.2 Å². The average molecular weight is 265 g/mol. The lowest BCUT2D eigenvalue weighted by molar-refractivity contribution is 0.228. The molecule has 18 heavy (non-hydrogen) atoms. The molecule has 1 aromatic heterocycles. The van der Waals surface area contributed by atoms with E-state index in [4.69, 9.17) is 0 Å². The van der Waals surface area contributed by atoms with Crippen molar-refractivity contribution in [3.63, 3.8) is 0 Å². The van der Waals surface area contributed by atoms with Crippen LogP contribution in [-0.4, -0.2) is 13.1 Å². The second-order valence-electron chi connectivity index (χ2n) is 5.67. The summed E-state index contributed by atoms with van der Waals surface area (Å²) in [6.07, 6.45) is 6.87. The molecule has 1 aliphatic rings. The van der Waals surface area contributed by atoms with Crippen LogP contribution >= 0.6 is 11.3 Å². The Kier molecular flexibility index (Phi) is 5.71. The van der Waals surface area contributed by atoms with Crippen LogP contribution in [-0.2, 0) is 0 Å². The Balaban J connectivity index is 1.98. The lowest BCUT2D eigenvalue weighted by atomic mass is 9.72. The summed E-state index contributed by atoms with van der Waals surface area (Å²) in [5, 5.41) is 5.87. The van der Waals surface area contributed by atoms with Gasteiger partial charge in [0.05, 0.1) is 0 Å². The number of hydrogen-bond donors (Lipinski definition) is 1. The van der Waals surface area contributed by atoms with Crippen LogP contribution in [0, 0.1) is 11.8 Å². The second-order valence-corrected chi connectivity index (χ2v) is 6.65. The predicted molar refractivity (Wildman–Crippen MR) is 81.3 cm³/mol. The number of hydrogen-bond acceptors (Lipinski definition) is 2. The molecular weight excluding hydrogens is 238 g/mol. The van der Waals surface area contributed by atoms with Crippen LogP contribution in [0.2, 0.25) is 0 Å². The molecule has 2 rings (SSSR count). The Morgan fingerprint density at radius 1 is 1.33 bits per heavy atom. The highest BCUT2D eigenvalue weighted by atomic mass is 32.1. The van der Waals surface area contributed by atoms with Crippen LogP contribution < -0.4 is 5.32 Å². The molecule has 3 unspecified atom stereocenters. The highest BCUT2D eigenvalue weighted by Crippen LogP contribution is 2.42. The molecule has 1 nitrogen and oxygen atoms in total. The third-order valence-electron chi connectivity index (χ3n) is 4.42. The van der Waals surface area contributed by atoms with E-state index < -0.39 is 0 Å². The molecule has 1 N–H and O–H groups in total. The Bertz CT molecular complexity index is 318. The van der Waals surface area contributed by atoms with Gasteiger partial charge in [-0.1, -0.05) is 32.8 Å². The summed E-state index contributed by atoms with van der Waals surface area (Å²) in [6.45, 7) is 6.99. The number of thiophene rings is 1. The lowest BCUT2D eigenvalue weighted by Crippen LogP contribution is -2.32. The van der Waals surface area contributed by atoms with Gasteiger partial charge in [0.1, 0.15) is 0 Å². The quantitative estimate of drug-likeness (QED) is 0.738. The average Bonchev–Trinajstić information content (AvgIpc) is 2.93. The summed E-state index contributed by atoms with van der Waals surface area (Å²) in [5.41, 5.74) is 0. The molecular formula is C16H27NS. The van der Waals surface area contributed by atoms with Crippen LogP contribution in [0.3, 0.4) is 0 Å². The third-order valence-corrected chi connectivity index (χ3v) is 5.43. The highest BCUT2D eigenvalue weighted by molar-refractivity contribution is 7.10. The van der Waals surface area contributed by atoms with E-state index in [0.29, 0.717) is 0 Å². The largest absolute Gasteiger partial charge is 0.316 e. The molecule has 0 amide bonds. The number of rotatable bonds is 6. The smallest absolute Gasteiger partial charge is 0.00795 e. The first-order valence-corrected chi connectivity index (χ1v) is 8.47. The molecule has 3 atom stereocenters. The van der Waals surface area contributed by atoms with Gasteiger partial charge >= 0.3 is 0 Å². The third kappa shape index (κ3) is 3.58. The van der Waals surface area contributed by atoms with Gasteiger partial charge in [-0.15, -0.1) is 11.3 Å². The molecule has 1 heterocycles. The summed E-state index contributed by atoms with van der Waals surface area (Å²) in [4.78, 5) is 1.62. The molecule has 1 aromatic rings. The van der Waals surface area contributed by atoms with Gasteiger partial charge in [-0.05, 0) is 61.6 Å². The summed E-state index contributed by atoms with van der Waals surface area (Å²) >= 11 is 1.96. The standard InChI is InChI=1S/C16H27NS/c1-3-9-17-12-14-8-7-13(4-2)11-15(14)16-6-5-10-18-16/h5-6,10,13-15,17H,3-4,7-9,11-12H2,1-2H3. The molecule has 0 aromatic carbocycles. The minimum atomic E-state index is 0.813. The summed E-state index contributed by atoms with van der Waals surface area (Å²) in [5.74, 6) is 2.63. The lowest BCUT2D eigenvalue weighted by Gasteiger charge is -2.35. The zero-order valence-corrected chi connectivity index (χ0v) is 12.6. The molecule has 0 bridgehead atoms. The van der Waals surface area contributed by atoms with Gasteiger partial charge in [0, 0.05) is 4.88 Å². The molecule has 2 heteroatoms. The van der Waals surface area contributed by atoms with Gasteiger partial charge in [-0.25, -0.2) is 0 Å². The first-order chi connectivity index (χ1) is 8.85. The molecule has 0 spiro atoms. The molecule has 102 valence electrons. The van der Waals surface area contributed by atoms with E-state index in [-0.39, 0.29) is 0 Å². The zero-order valence-electron chi connectivity index (χ0n) is 11.8. The molecule has 1 saturated carbocycles. The Morgan fingerprint density at radius 2 is 2.22 bits per heavy atom. The van der Waals surface area contributed by atoms with E-state index in [1.54, 1.807) is 4.88 Å². The van der Waals surface area contributed by atoms with Crippen molar-refractivity contribution in [1.29, 1.82) is 0 Å². The minimum Gasteiger partial charge on any atom is -0.316 e.